The maximum Gasteiger partial charge on any atom is 0.172 e. The molecule has 3 N–H and O–H groups in total. The average molecular weight is 230 g/mol. The van der Waals surface area contributed by atoms with Gasteiger partial charge in [-0.25, -0.2) is 0 Å². The van der Waals surface area contributed by atoms with Gasteiger partial charge in [-0.1, -0.05) is 5.16 Å². The maximum absolute atomic E-state index is 10.0. The van der Waals surface area contributed by atoms with Gasteiger partial charge in [-0.05, 0) is 48.9 Å². The van der Waals surface area contributed by atoms with E-state index in [0.29, 0.717) is 17.1 Å². The summed E-state index contributed by atoms with van der Waals surface area (Å²) in [4.78, 5) is 0. The number of nitrogen functional groups attached to an aromatic ring is 1. The highest BCUT2D eigenvalue weighted by molar-refractivity contribution is 5.69. The van der Waals surface area contributed by atoms with Gasteiger partial charge in [0.15, 0.2) is 11.6 Å². The molecule has 0 aliphatic heterocycles. The van der Waals surface area contributed by atoms with E-state index in [4.69, 9.17) is 10.3 Å². The number of nitrogens with zero attached hydrogens (tertiary/aromatic N) is 1. The Morgan fingerprint density at radius 1 is 1.12 bits per heavy atom. The van der Waals surface area contributed by atoms with Crippen molar-refractivity contribution in [2.45, 2.75) is 25.7 Å². The first-order valence-electron chi connectivity index (χ1n) is 5.81. The van der Waals surface area contributed by atoms with Crippen LogP contribution in [0, 0.1) is 0 Å². The van der Waals surface area contributed by atoms with E-state index in [0.717, 1.165) is 12.8 Å². The molecule has 1 aromatic carbocycles. The van der Waals surface area contributed by atoms with Gasteiger partial charge < -0.3 is 15.4 Å². The summed E-state index contributed by atoms with van der Waals surface area (Å²) in [5.41, 5.74) is 8.72. The van der Waals surface area contributed by atoms with Crippen LogP contribution in [0.5, 0.6) is 5.75 Å². The fourth-order valence-electron chi connectivity index (χ4n) is 2.39. The molecule has 1 aliphatic rings. The number of nitrogens with two attached hydrogens (primary N) is 1. The molecule has 0 atom stereocenters. The van der Waals surface area contributed by atoms with E-state index in [1.165, 1.54) is 24.0 Å². The minimum Gasteiger partial charge on any atom is -0.507 e. The second-order valence-electron chi connectivity index (χ2n) is 4.46. The minimum atomic E-state index is 0.238. The average Bonchev–Trinajstić information content (AvgIpc) is 2.75. The number of hydrogen-bond donors (Lipinski definition) is 2. The van der Waals surface area contributed by atoms with Crippen LogP contribution in [-0.2, 0) is 12.8 Å². The van der Waals surface area contributed by atoms with Crippen LogP contribution in [0.25, 0.3) is 11.3 Å². The predicted octanol–water partition coefficient (Wildman–Crippen LogP) is 2.51. The first-order valence-corrected chi connectivity index (χ1v) is 5.81. The van der Waals surface area contributed by atoms with E-state index >= 15 is 0 Å². The highest BCUT2D eigenvalue weighted by Gasteiger charge is 2.16. The van der Waals surface area contributed by atoms with Crippen LogP contribution in [0.4, 0.5) is 5.82 Å². The number of aromatic hydroxyl groups is 1. The number of phenols is 1. The highest BCUT2D eigenvalue weighted by atomic mass is 16.5. The quantitative estimate of drug-likeness (QED) is 0.789. The third-order valence-electron chi connectivity index (χ3n) is 3.25. The molecule has 2 aromatic rings. The fourth-order valence-corrected chi connectivity index (χ4v) is 2.39. The van der Waals surface area contributed by atoms with Crippen molar-refractivity contribution in [2.24, 2.45) is 0 Å². The summed E-state index contributed by atoms with van der Waals surface area (Å²) >= 11 is 0. The topological polar surface area (TPSA) is 72.3 Å². The Kier molecular flexibility index (Phi) is 2.28. The smallest absolute Gasteiger partial charge is 0.172 e. The minimum absolute atomic E-state index is 0.238. The van der Waals surface area contributed by atoms with Crippen LogP contribution in [-0.4, -0.2) is 10.3 Å². The summed E-state index contributed by atoms with van der Waals surface area (Å²) in [6.07, 6.45) is 4.50. The predicted molar refractivity (Wildman–Crippen MR) is 64.7 cm³/mol. The van der Waals surface area contributed by atoms with Crippen molar-refractivity contribution in [2.75, 3.05) is 5.73 Å². The first-order chi connectivity index (χ1) is 8.24. The molecule has 4 heteroatoms. The summed E-state index contributed by atoms with van der Waals surface area (Å²) in [7, 11) is 0. The molecule has 4 nitrogen and oxygen atoms in total. The van der Waals surface area contributed by atoms with E-state index in [-0.39, 0.29) is 5.75 Å². The van der Waals surface area contributed by atoms with E-state index in [9.17, 15) is 5.11 Å². The van der Waals surface area contributed by atoms with Crippen molar-refractivity contribution in [3.05, 3.63) is 29.3 Å². The third kappa shape index (κ3) is 1.75. The Balaban J connectivity index is 2.11. The van der Waals surface area contributed by atoms with E-state index in [2.05, 4.69) is 5.16 Å². The molecule has 0 unspecified atom stereocenters. The van der Waals surface area contributed by atoms with Gasteiger partial charge in [-0.3, -0.25) is 0 Å². The Labute approximate surface area is 99.0 Å². The molecule has 88 valence electrons. The molecule has 1 aliphatic carbocycles. The van der Waals surface area contributed by atoms with E-state index < -0.39 is 0 Å². The Bertz CT molecular complexity index is 561. The Hall–Kier alpha value is -1.97. The van der Waals surface area contributed by atoms with Crippen molar-refractivity contribution in [1.82, 2.24) is 5.16 Å². The van der Waals surface area contributed by atoms with Gasteiger partial charge in [0.05, 0.1) is 5.56 Å². The molecule has 1 heterocycles. The molecule has 17 heavy (non-hydrogen) atoms. The van der Waals surface area contributed by atoms with Crippen LogP contribution >= 0.6 is 0 Å². The number of phenolic OH excluding ortho intramolecular Hbond substituents is 1. The van der Waals surface area contributed by atoms with E-state index in [1.807, 2.05) is 12.1 Å². The van der Waals surface area contributed by atoms with Crippen molar-refractivity contribution in [3.8, 4) is 17.1 Å². The molecule has 0 fully saturated rings. The van der Waals surface area contributed by atoms with Crippen LogP contribution in [0.3, 0.4) is 0 Å². The summed E-state index contributed by atoms with van der Waals surface area (Å²) in [5, 5.41) is 13.6. The fraction of sp³-hybridized carbons (Fsp3) is 0.308. The van der Waals surface area contributed by atoms with Gasteiger partial charge >= 0.3 is 0 Å². The van der Waals surface area contributed by atoms with Gasteiger partial charge in [0, 0.05) is 6.07 Å². The largest absolute Gasteiger partial charge is 0.507 e. The van der Waals surface area contributed by atoms with Crippen LogP contribution < -0.4 is 5.73 Å². The molecule has 3 rings (SSSR count). The summed E-state index contributed by atoms with van der Waals surface area (Å²) in [5.74, 6) is 1.09. The lowest BCUT2D eigenvalue weighted by atomic mass is 9.89. The number of anilines is 1. The molecule has 1 aromatic heterocycles. The molecular weight excluding hydrogens is 216 g/mol. The van der Waals surface area contributed by atoms with Crippen LogP contribution in [0.2, 0.25) is 0 Å². The number of aromatic nitrogens is 1. The molecule has 0 bridgehead atoms. The monoisotopic (exact) mass is 230 g/mol. The second-order valence-corrected chi connectivity index (χ2v) is 4.46. The molecule has 0 radical (unpaired) electrons. The Morgan fingerprint density at radius 3 is 2.47 bits per heavy atom. The van der Waals surface area contributed by atoms with Crippen molar-refractivity contribution in [3.63, 3.8) is 0 Å². The van der Waals surface area contributed by atoms with Gasteiger partial charge in [0.1, 0.15) is 5.75 Å². The summed E-state index contributed by atoms with van der Waals surface area (Å²) in [6.45, 7) is 0. The van der Waals surface area contributed by atoms with Crippen molar-refractivity contribution in [1.29, 1.82) is 0 Å². The summed E-state index contributed by atoms with van der Waals surface area (Å²) in [6, 6.07) is 5.45. The van der Waals surface area contributed by atoms with Crippen LogP contribution in [0.15, 0.2) is 22.7 Å². The first kappa shape index (κ1) is 10.2. The third-order valence-corrected chi connectivity index (χ3v) is 3.25. The van der Waals surface area contributed by atoms with Crippen molar-refractivity contribution >= 4 is 5.82 Å². The number of hydrogen-bond acceptors (Lipinski definition) is 4. The van der Waals surface area contributed by atoms with Crippen LogP contribution in [0.1, 0.15) is 24.0 Å². The van der Waals surface area contributed by atoms with Crippen molar-refractivity contribution < 1.29 is 9.63 Å². The second kappa shape index (κ2) is 3.80. The SMILES string of the molecule is Nc1cc(-c2cc3c(cc2O)CCCC3)on1. The van der Waals surface area contributed by atoms with E-state index in [1.54, 1.807) is 6.07 Å². The van der Waals surface area contributed by atoms with Gasteiger partial charge in [-0.2, -0.15) is 0 Å². The lowest BCUT2D eigenvalue weighted by Crippen LogP contribution is -2.02. The molecular formula is C13H14N2O2. The van der Waals surface area contributed by atoms with Gasteiger partial charge in [0.25, 0.3) is 0 Å². The standard InChI is InChI=1S/C13H14N2O2/c14-13-7-12(17-15-13)10-5-8-3-1-2-4-9(8)6-11(10)16/h5-7,16H,1-4H2,(H2,14,15). The molecule has 0 spiro atoms. The van der Waals surface area contributed by atoms with Gasteiger partial charge in [-0.15, -0.1) is 0 Å². The number of aryl methyl sites for hydroxylation is 2. The maximum atomic E-state index is 10.0. The molecule has 0 saturated heterocycles. The number of fused-ring (bicyclic) bond motifs is 1. The normalized spacial score (nSPS) is 14.6. The van der Waals surface area contributed by atoms with Gasteiger partial charge in [0.2, 0.25) is 0 Å². The zero-order valence-corrected chi connectivity index (χ0v) is 9.44. The lowest BCUT2D eigenvalue weighted by Gasteiger charge is -2.16. The molecule has 0 saturated carbocycles. The highest BCUT2D eigenvalue weighted by Crippen LogP contribution is 2.35. The zero-order valence-electron chi connectivity index (χ0n) is 9.44. The summed E-state index contributed by atoms with van der Waals surface area (Å²) < 4.78 is 5.09. The lowest BCUT2D eigenvalue weighted by molar-refractivity contribution is 0.428. The zero-order chi connectivity index (χ0) is 11.8. The molecule has 0 amide bonds. The number of benzene rings is 1. The number of rotatable bonds is 1. The Morgan fingerprint density at radius 2 is 1.82 bits per heavy atom.